The Kier molecular flexibility index (Phi) is 4.51. The zero-order valence-corrected chi connectivity index (χ0v) is 12.5. The summed E-state index contributed by atoms with van der Waals surface area (Å²) in [6, 6.07) is 1.22. The van der Waals surface area contributed by atoms with Crippen molar-refractivity contribution in [1.29, 1.82) is 0 Å². The number of hydrogen-bond donors (Lipinski definition) is 2. The number of nitrogen functional groups attached to an aromatic ring is 1. The number of nitrogens with zero attached hydrogens (tertiary/aromatic N) is 3. The third kappa shape index (κ3) is 3.85. The summed E-state index contributed by atoms with van der Waals surface area (Å²) in [6.07, 6.45) is 2.83. The van der Waals surface area contributed by atoms with Crippen molar-refractivity contribution in [3.05, 3.63) is 30.0 Å². The van der Waals surface area contributed by atoms with Crippen LogP contribution >= 0.6 is 0 Å². The minimum Gasteiger partial charge on any atom is -0.472 e. The average molecular weight is 309 g/mol. The molecule has 118 valence electrons. The number of pyridine rings is 1. The van der Waals surface area contributed by atoms with E-state index >= 15 is 0 Å². The zero-order chi connectivity index (χ0) is 16.3. The lowest BCUT2D eigenvalue weighted by molar-refractivity contribution is 0.114. The third-order valence-corrected chi connectivity index (χ3v) is 2.73. The number of ether oxygens (including phenoxy) is 1. The van der Waals surface area contributed by atoms with Gasteiger partial charge >= 0.3 is 0 Å². The van der Waals surface area contributed by atoms with E-state index in [2.05, 4.69) is 20.4 Å². The first-order valence-corrected chi connectivity index (χ1v) is 6.58. The van der Waals surface area contributed by atoms with Gasteiger partial charge in [-0.3, -0.25) is 4.98 Å². The Morgan fingerprint density at radius 1 is 1.32 bits per heavy atom. The van der Waals surface area contributed by atoms with Crippen LogP contribution < -0.4 is 16.0 Å². The Morgan fingerprint density at radius 3 is 2.59 bits per heavy atom. The van der Waals surface area contributed by atoms with Gasteiger partial charge in [0.15, 0.2) is 11.6 Å². The number of nitrogens with one attached hydrogen (secondary N) is 1. The van der Waals surface area contributed by atoms with Crippen molar-refractivity contribution < 1.29 is 13.5 Å². The number of hydrazine groups is 1. The molecular formula is C14H17F2N5O. The molecule has 0 bridgehead atoms. The van der Waals surface area contributed by atoms with Crippen molar-refractivity contribution in [2.24, 2.45) is 5.84 Å². The first kappa shape index (κ1) is 16.0. The molecule has 0 saturated heterocycles. The fraction of sp³-hybridized carbons (Fsp3) is 0.357. The highest BCUT2D eigenvalue weighted by molar-refractivity contribution is 5.61. The van der Waals surface area contributed by atoms with Crippen LogP contribution in [0.25, 0.3) is 11.3 Å². The summed E-state index contributed by atoms with van der Waals surface area (Å²) in [6.45, 7) is 4.11. The number of nitrogens with two attached hydrogens (primary N) is 1. The normalized spacial score (nSPS) is 11.4. The van der Waals surface area contributed by atoms with Gasteiger partial charge < -0.3 is 10.2 Å². The topological polar surface area (TPSA) is 86.0 Å². The van der Waals surface area contributed by atoms with Crippen molar-refractivity contribution in [1.82, 2.24) is 15.0 Å². The number of alkyl halides is 1. The van der Waals surface area contributed by atoms with Crippen LogP contribution in [0.3, 0.4) is 0 Å². The molecule has 2 aromatic heterocycles. The summed E-state index contributed by atoms with van der Waals surface area (Å²) >= 11 is 0. The summed E-state index contributed by atoms with van der Waals surface area (Å²) in [4.78, 5) is 12.2. The highest BCUT2D eigenvalue weighted by Crippen LogP contribution is 2.25. The monoisotopic (exact) mass is 309 g/mol. The molecule has 6 nitrogen and oxygen atoms in total. The molecule has 0 aliphatic carbocycles. The summed E-state index contributed by atoms with van der Waals surface area (Å²) in [5.41, 5.74) is 2.29. The van der Waals surface area contributed by atoms with Crippen LogP contribution in [0.15, 0.2) is 18.5 Å². The molecule has 22 heavy (non-hydrogen) atoms. The highest BCUT2D eigenvalue weighted by atomic mass is 19.1. The standard InChI is InChI=1S/C14H17F2N5O/c1-8-12(18-6-11(20-8)21-17)9-4-10(15)13(19-5-9)22-7-14(2,3)16/h4-6H,7,17H2,1-3H3,(H,20,21). The van der Waals surface area contributed by atoms with Gasteiger partial charge in [0, 0.05) is 11.8 Å². The van der Waals surface area contributed by atoms with Gasteiger partial charge in [-0.15, -0.1) is 0 Å². The van der Waals surface area contributed by atoms with Gasteiger partial charge in [0.25, 0.3) is 5.88 Å². The SMILES string of the molecule is Cc1nc(NN)cnc1-c1cnc(OCC(C)(C)F)c(F)c1. The Balaban J connectivity index is 2.25. The second-order valence-corrected chi connectivity index (χ2v) is 5.35. The van der Waals surface area contributed by atoms with E-state index in [0.29, 0.717) is 22.8 Å². The second kappa shape index (κ2) is 6.18. The smallest absolute Gasteiger partial charge is 0.250 e. The van der Waals surface area contributed by atoms with Crippen molar-refractivity contribution in [3.8, 4) is 17.1 Å². The molecule has 2 rings (SSSR count). The van der Waals surface area contributed by atoms with Crippen LogP contribution in [-0.2, 0) is 0 Å². The Morgan fingerprint density at radius 2 is 2.05 bits per heavy atom. The minimum atomic E-state index is -1.57. The fourth-order valence-corrected chi connectivity index (χ4v) is 1.74. The van der Waals surface area contributed by atoms with E-state index in [1.165, 1.54) is 32.3 Å². The molecule has 0 aromatic carbocycles. The Bertz CT molecular complexity index is 673. The molecule has 3 N–H and O–H groups in total. The van der Waals surface area contributed by atoms with Gasteiger partial charge in [-0.25, -0.2) is 24.6 Å². The molecule has 0 amide bonds. The Hall–Kier alpha value is -2.35. The summed E-state index contributed by atoms with van der Waals surface area (Å²) < 4.78 is 32.4. The lowest BCUT2D eigenvalue weighted by atomic mass is 10.1. The van der Waals surface area contributed by atoms with Gasteiger partial charge in [-0.1, -0.05) is 0 Å². The van der Waals surface area contributed by atoms with Crippen molar-refractivity contribution in [2.45, 2.75) is 26.4 Å². The lowest BCUT2D eigenvalue weighted by Crippen LogP contribution is -2.23. The van der Waals surface area contributed by atoms with E-state index < -0.39 is 11.5 Å². The van der Waals surface area contributed by atoms with Gasteiger partial charge in [0.2, 0.25) is 0 Å². The number of aryl methyl sites for hydroxylation is 1. The van der Waals surface area contributed by atoms with E-state index in [4.69, 9.17) is 10.6 Å². The maximum absolute atomic E-state index is 14.0. The molecule has 2 aromatic rings. The molecule has 0 radical (unpaired) electrons. The molecule has 0 saturated carbocycles. The van der Waals surface area contributed by atoms with E-state index in [9.17, 15) is 8.78 Å². The van der Waals surface area contributed by atoms with Crippen LogP contribution in [0.1, 0.15) is 19.5 Å². The summed E-state index contributed by atoms with van der Waals surface area (Å²) in [5, 5.41) is 0. The number of rotatable bonds is 5. The quantitative estimate of drug-likeness (QED) is 0.651. The molecule has 8 heteroatoms. The summed E-state index contributed by atoms with van der Waals surface area (Å²) in [7, 11) is 0. The second-order valence-electron chi connectivity index (χ2n) is 5.35. The Labute approximate surface area is 126 Å². The summed E-state index contributed by atoms with van der Waals surface area (Å²) in [5.74, 6) is 4.71. The molecule has 0 aliphatic rings. The highest BCUT2D eigenvalue weighted by Gasteiger charge is 2.19. The molecule has 0 unspecified atom stereocenters. The van der Waals surface area contributed by atoms with Gasteiger partial charge in [0.05, 0.1) is 17.6 Å². The minimum absolute atomic E-state index is 0.250. The number of aromatic nitrogens is 3. The van der Waals surface area contributed by atoms with Gasteiger partial charge in [-0.05, 0) is 26.8 Å². The predicted molar refractivity (Wildman–Crippen MR) is 78.5 cm³/mol. The maximum Gasteiger partial charge on any atom is 0.250 e. The zero-order valence-electron chi connectivity index (χ0n) is 12.5. The number of anilines is 1. The molecule has 0 aliphatic heterocycles. The van der Waals surface area contributed by atoms with Crippen molar-refractivity contribution in [3.63, 3.8) is 0 Å². The molecule has 0 fully saturated rings. The molecular weight excluding hydrogens is 292 g/mol. The predicted octanol–water partition coefficient (Wildman–Crippen LogP) is 2.40. The molecule has 2 heterocycles. The first-order chi connectivity index (χ1) is 10.3. The number of hydrogen-bond acceptors (Lipinski definition) is 6. The first-order valence-electron chi connectivity index (χ1n) is 6.58. The fourth-order valence-electron chi connectivity index (χ4n) is 1.74. The van der Waals surface area contributed by atoms with E-state index in [1.807, 2.05) is 0 Å². The average Bonchev–Trinajstić information content (AvgIpc) is 2.44. The van der Waals surface area contributed by atoms with Crippen molar-refractivity contribution >= 4 is 5.82 Å². The maximum atomic E-state index is 14.0. The largest absolute Gasteiger partial charge is 0.472 e. The third-order valence-electron chi connectivity index (χ3n) is 2.73. The van der Waals surface area contributed by atoms with Crippen LogP contribution in [0.5, 0.6) is 5.88 Å². The van der Waals surface area contributed by atoms with E-state index in [0.717, 1.165) is 0 Å². The van der Waals surface area contributed by atoms with Crippen LogP contribution in [0.4, 0.5) is 14.6 Å². The van der Waals surface area contributed by atoms with Crippen molar-refractivity contribution in [2.75, 3.05) is 12.0 Å². The molecule has 0 atom stereocenters. The molecule has 0 spiro atoms. The van der Waals surface area contributed by atoms with E-state index in [1.54, 1.807) is 6.92 Å². The van der Waals surface area contributed by atoms with Crippen LogP contribution in [0, 0.1) is 12.7 Å². The van der Waals surface area contributed by atoms with Gasteiger partial charge in [0.1, 0.15) is 12.3 Å². The lowest BCUT2D eigenvalue weighted by Gasteiger charge is -2.15. The van der Waals surface area contributed by atoms with Crippen LogP contribution in [0.2, 0.25) is 0 Å². The van der Waals surface area contributed by atoms with Gasteiger partial charge in [-0.2, -0.15) is 0 Å². The van der Waals surface area contributed by atoms with Crippen LogP contribution in [-0.4, -0.2) is 27.2 Å². The number of halogens is 2. The van der Waals surface area contributed by atoms with E-state index in [-0.39, 0.29) is 12.5 Å².